The summed E-state index contributed by atoms with van der Waals surface area (Å²) >= 11 is 0. The van der Waals surface area contributed by atoms with Gasteiger partial charge in [0.1, 0.15) is 19.3 Å². The molecular formula is C25H30F2N2O4. The fourth-order valence-electron chi connectivity index (χ4n) is 3.79. The molecule has 1 aliphatic heterocycles. The van der Waals surface area contributed by atoms with Gasteiger partial charge in [-0.15, -0.1) is 0 Å². The Morgan fingerprint density at radius 3 is 2.15 bits per heavy atom. The molecule has 1 fully saturated rings. The zero-order chi connectivity index (χ0) is 23.7. The van der Waals surface area contributed by atoms with Gasteiger partial charge in [0.05, 0.1) is 6.54 Å². The van der Waals surface area contributed by atoms with E-state index in [1.54, 1.807) is 4.90 Å². The van der Waals surface area contributed by atoms with Gasteiger partial charge in [-0.3, -0.25) is 9.80 Å². The summed E-state index contributed by atoms with van der Waals surface area (Å²) in [4.78, 5) is 28.4. The highest BCUT2D eigenvalue weighted by atomic mass is 19.3. The van der Waals surface area contributed by atoms with Gasteiger partial charge in [-0.25, -0.2) is 18.4 Å². The Morgan fingerprint density at radius 1 is 1.00 bits per heavy atom. The van der Waals surface area contributed by atoms with Gasteiger partial charge in [0.15, 0.2) is 0 Å². The molecule has 1 heterocycles. The summed E-state index contributed by atoms with van der Waals surface area (Å²) in [6.45, 7) is 0.556. The van der Waals surface area contributed by atoms with E-state index in [9.17, 15) is 18.4 Å². The van der Waals surface area contributed by atoms with E-state index in [0.717, 1.165) is 11.1 Å². The molecule has 178 valence electrons. The van der Waals surface area contributed by atoms with Crippen molar-refractivity contribution in [3.05, 3.63) is 71.8 Å². The number of alkyl halides is 2. The predicted octanol–water partition coefficient (Wildman–Crippen LogP) is 4.49. The average Bonchev–Trinajstić information content (AvgIpc) is 2.82. The molecule has 0 saturated carbocycles. The van der Waals surface area contributed by atoms with Crippen molar-refractivity contribution < 1.29 is 27.8 Å². The molecule has 2 aromatic rings. The number of hydrogen-bond acceptors (Lipinski definition) is 5. The highest BCUT2D eigenvalue weighted by Crippen LogP contribution is 2.26. The van der Waals surface area contributed by atoms with Crippen LogP contribution in [0.4, 0.5) is 13.6 Å². The summed E-state index contributed by atoms with van der Waals surface area (Å²) in [6.07, 6.45) is -0.242. The fourth-order valence-corrected chi connectivity index (χ4v) is 3.79. The standard InChI is InChI=1S/C25H30F2N2O4/c1-28(24(31)33-18-21-11-6-3-7-12-21)22(13-16-29-15-8-14-25(26,27)19-29)23(30)32-17-20-9-4-2-5-10-20/h2-7,9-12,22H,8,13-19H2,1H3/t22-/m0/s1. The first-order valence-electron chi connectivity index (χ1n) is 11.1. The molecule has 0 aliphatic carbocycles. The molecule has 1 amide bonds. The van der Waals surface area contributed by atoms with Crippen LogP contribution in [0.2, 0.25) is 0 Å². The summed E-state index contributed by atoms with van der Waals surface area (Å²) in [7, 11) is 1.46. The van der Waals surface area contributed by atoms with E-state index in [2.05, 4.69) is 0 Å². The molecule has 6 nitrogen and oxygen atoms in total. The fraction of sp³-hybridized carbons (Fsp3) is 0.440. The number of ether oxygens (including phenoxy) is 2. The van der Waals surface area contributed by atoms with E-state index in [-0.39, 0.29) is 39.1 Å². The van der Waals surface area contributed by atoms with Crippen LogP contribution in [0.5, 0.6) is 0 Å². The number of carbonyl (C=O) groups is 2. The number of rotatable bonds is 9. The molecule has 8 heteroatoms. The molecule has 2 aromatic carbocycles. The van der Waals surface area contributed by atoms with Crippen LogP contribution in [0.1, 0.15) is 30.4 Å². The van der Waals surface area contributed by atoms with Crippen molar-refractivity contribution in [2.24, 2.45) is 0 Å². The van der Waals surface area contributed by atoms with Crippen molar-refractivity contribution >= 4 is 12.1 Å². The van der Waals surface area contributed by atoms with Crippen LogP contribution in [-0.4, -0.2) is 60.5 Å². The number of nitrogens with zero attached hydrogens (tertiary/aromatic N) is 2. The first kappa shape index (κ1) is 24.6. The van der Waals surface area contributed by atoms with E-state index in [0.29, 0.717) is 13.0 Å². The minimum absolute atomic E-state index is 0.0604. The molecule has 0 bridgehead atoms. The molecule has 0 spiro atoms. The number of amides is 1. The number of likely N-dealkylation sites (N-methyl/N-ethyl adjacent to an activating group) is 1. The van der Waals surface area contributed by atoms with Crippen molar-refractivity contribution in [1.29, 1.82) is 0 Å². The maximum atomic E-state index is 13.8. The lowest BCUT2D eigenvalue weighted by atomic mass is 10.1. The molecule has 0 unspecified atom stereocenters. The van der Waals surface area contributed by atoms with E-state index < -0.39 is 24.0 Å². The summed E-state index contributed by atoms with van der Waals surface area (Å²) in [5.41, 5.74) is 1.63. The van der Waals surface area contributed by atoms with Gasteiger partial charge in [0.2, 0.25) is 0 Å². The second-order valence-corrected chi connectivity index (χ2v) is 8.28. The Morgan fingerprint density at radius 2 is 1.58 bits per heavy atom. The smallest absolute Gasteiger partial charge is 0.410 e. The van der Waals surface area contributed by atoms with Crippen LogP contribution in [0.15, 0.2) is 60.7 Å². The number of likely N-dealkylation sites (tertiary alicyclic amines) is 1. The summed E-state index contributed by atoms with van der Waals surface area (Å²) < 4.78 is 38.4. The molecule has 33 heavy (non-hydrogen) atoms. The Bertz CT molecular complexity index is 896. The van der Waals surface area contributed by atoms with E-state index in [1.165, 1.54) is 11.9 Å². The van der Waals surface area contributed by atoms with Crippen molar-refractivity contribution in [2.45, 2.75) is 44.4 Å². The molecule has 1 aliphatic rings. The third-order valence-electron chi connectivity index (χ3n) is 5.65. The lowest BCUT2D eigenvalue weighted by molar-refractivity contribution is -0.151. The van der Waals surface area contributed by atoms with Crippen LogP contribution >= 0.6 is 0 Å². The lowest BCUT2D eigenvalue weighted by Crippen LogP contribution is -2.48. The van der Waals surface area contributed by atoms with E-state index >= 15 is 0 Å². The second kappa shape index (κ2) is 11.7. The van der Waals surface area contributed by atoms with Gasteiger partial charge in [0, 0.05) is 20.0 Å². The monoisotopic (exact) mass is 460 g/mol. The first-order chi connectivity index (χ1) is 15.8. The molecular weight excluding hydrogens is 430 g/mol. The molecule has 1 atom stereocenters. The minimum atomic E-state index is -2.73. The predicted molar refractivity (Wildman–Crippen MR) is 120 cm³/mol. The largest absolute Gasteiger partial charge is 0.459 e. The molecule has 0 radical (unpaired) electrons. The topological polar surface area (TPSA) is 59.1 Å². The maximum absolute atomic E-state index is 13.8. The number of piperidine rings is 1. The van der Waals surface area contributed by atoms with Crippen LogP contribution < -0.4 is 0 Å². The van der Waals surface area contributed by atoms with Crippen molar-refractivity contribution in [2.75, 3.05) is 26.7 Å². The molecule has 0 aromatic heterocycles. The maximum Gasteiger partial charge on any atom is 0.410 e. The van der Waals surface area contributed by atoms with Gasteiger partial charge >= 0.3 is 12.1 Å². The SMILES string of the molecule is CN(C(=O)OCc1ccccc1)[C@@H](CCN1CCCC(F)(F)C1)C(=O)OCc1ccccc1. The Kier molecular flexibility index (Phi) is 8.77. The quantitative estimate of drug-likeness (QED) is 0.516. The van der Waals surface area contributed by atoms with Crippen molar-refractivity contribution in [1.82, 2.24) is 9.80 Å². The first-order valence-corrected chi connectivity index (χ1v) is 11.1. The number of esters is 1. The lowest BCUT2D eigenvalue weighted by Gasteiger charge is -2.34. The zero-order valence-corrected chi connectivity index (χ0v) is 18.8. The van der Waals surface area contributed by atoms with Crippen LogP contribution in [-0.2, 0) is 27.5 Å². The Labute approximate surface area is 193 Å². The Balaban J connectivity index is 1.62. The van der Waals surface area contributed by atoms with Crippen LogP contribution in [0.3, 0.4) is 0 Å². The number of halogens is 2. The van der Waals surface area contributed by atoms with Crippen LogP contribution in [0, 0.1) is 0 Å². The van der Waals surface area contributed by atoms with Gasteiger partial charge in [-0.05, 0) is 30.5 Å². The third-order valence-corrected chi connectivity index (χ3v) is 5.65. The summed E-state index contributed by atoms with van der Waals surface area (Å²) in [6, 6.07) is 17.4. The average molecular weight is 461 g/mol. The summed E-state index contributed by atoms with van der Waals surface area (Å²) in [5, 5.41) is 0. The Hall–Kier alpha value is -3.00. The third kappa shape index (κ3) is 7.82. The number of carbonyl (C=O) groups excluding carboxylic acids is 2. The second-order valence-electron chi connectivity index (χ2n) is 8.28. The highest BCUT2D eigenvalue weighted by molar-refractivity contribution is 5.81. The van der Waals surface area contributed by atoms with Gasteiger partial charge in [-0.2, -0.15) is 0 Å². The van der Waals surface area contributed by atoms with E-state index in [1.807, 2.05) is 60.7 Å². The minimum Gasteiger partial charge on any atom is -0.459 e. The van der Waals surface area contributed by atoms with Gasteiger partial charge < -0.3 is 9.47 Å². The number of benzene rings is 2. The van der Waals surface area contributed by atoms with Crippen LogP contribution in [0.25, 0.3) is 0 Å². The highest BCUT2D eigenvalue weighted by Gasteiger charge is 2.36. The van der Waals surface area contributed by atoms with E-state index in [4.69, 9.17) is 9.47 Å². The molecule has 0 N–H and O–H groups in total. The number of hydrogen-bond donors (Lipinski definition) is 0. The van der Waals surface area contributed by atoms with Gasteiger partial charge in [-0.1, -0.05) is 60.7 Å². The van der Waals surface area contributed by atoms with Crippen molar-refractivity contribution in [3.8, 4) is 0 Å². The molecule has 3 rings (SSSR count). The van der Waals surface area contributed by atoms with Gasteiger partial charge in [0.25, 0.3) is 5.92 Å². The summed E-state index contributed by atoms with van der Waals surface area (Å²) in [5.74, 6) is -3.33. The van der Waals surface area contributed by atoms with Crippen molar-refractivity contribution in [3.63, 3.8) is 0 Å². The zero-order valence-electron chi connectivity index (χ0n) is 18.8. The normalized spacial score (nSPS) is 16.6. The molecule has 1 saturated heterocycles.